The van der Waals surface area contributed by atoms with Gasteiger partial charge in [-0.25, -0.2) is 9.59 Å². The molecule has 2 aromatic carbocycles. The van der Waals surface area contributed by atoms with Crippen LogP contribution in [0.15, 0.2) is 24.3 Å². The summed E-state index contributed by atoms with van der Waals surface area (Å²) in [4.78, 5) is 21.4. The number of methoxy groups -OCH3 is 2. The van der Waals surface area contributed by atoms with Crippen molar-refractivity contribution in [3.05, 3.63) is 52.1 Å². The van der Waals surface area contributed by atoms with Gasteiger partial charge in [0.2, 0.25) is 0 Å². The first-order valence-electron chi connectivity index (χ1n) is 7.68. The fourth-order valence-corrected chi connectivity index (χ4v) is 2.40. The summed E-state index contributed by atoms with van der Waals surface area (Å²) < 4.78 is 10.00. The maximum Gasteiger partial charge on any atom is 0.337 e. The van der Waals surface area contributed by atoms with E-state index in [0.29, 0.717) is 17.1 Å². The van der Waals surface area contributed by atoms with Crippen LogP contribution in [0, 0.1) is 20.8 Å². The molecule has 4 N–H and O–H groups in total. The molecule has 2 aromatic rings. The molecule has 7 nitrogen and oxygen atoms in total. The standard InChI is InChI=1S/C10H12O3.C9H11NO3/c1-6-4-7(2)9(13-3)5-8(6)10(11)12;1-5-3-7(10)6(9(11)12)4-8(5)13-2/h4-5H,1-3H3,(H,11,12);3-4H,10H2,1-2H3,(H,11,12). The lowest BCUT2D eigenvalue weighted by Gasteiger charge is -2.07. The van der Waals surface area contributed by atoms with Crippen molar-refractivity contribution in [1.29, 1.82) is 0 Å². The van der Waals surface area contributed by atoms with E-state index in [0.717, 1.165) is 16.7 Å². The number of carboxylic acid groups (broad SMARTS) is 2. The molecule has 7 heteroatoms. The number of ether oxygens (including phenoxy) is 2. The van der Waals surface area contributed by atoms with Crippen LogP contribution in [-0.2, 0) is 0 Å². The number of carbonyl (C=O) groups is 2. The van der Waals surface area contributed by atoms with Crippen LogP contribution in [0.5, 0.6) is 11.5 Å². The Morgan fingerprint density at radius 3 is 1.62 bits per heavy atom. The van der Waals surface area contributed by atoms with Crippen molar-refractivity contribution < 1.29 is 29.3 Å². The van der Waals surface area contributed by atoms with Gasteiger partial charge in [-0.1, -0.05) is 6.07 Å². The van der Waals surface area contributed by atoms with Crippen molar-refractivity contribution >= 4 is 17.6 Å². The van der Waals surface area contributed by atoms with Crippen LogP contribution in [0.4, 0.5) is 5.69 Å². The summed E-state index contributed by atoms with van der Waals surface area (Å²) >= 11 is 0. The van der Waals surface area contributed by atoms with Crippen LogP contribution in [0.2, 0.25) is 0 Å². The third kappa shape index (κ3) is 4.89. The van der Waals surface area contributed by atoms with Gasteiger partial charge >= 0.3 is 11.9 Å². The number of nitrogen functional groups attached to an aromatic ring is 1. The number of rotatable bonds is 4. The molecule has 0 aliphatic heterocycles. The highest BCUT2D eigenvalue weighted by atomic mass is 16.5. The third-order valence-electron chi connectivity index (χ3n) is 3.77. The van der Waals surface area contributed by atoms with Crippen molar-refractivity contribution in [2.24, 2.45) is 0 Å². The monoisotopic (exact) mass is 361 g/mol. The van der Waals surface area contributed by atoms with Gasteiger partial charge in [0.15, 0.2) is 0 Å². The van der Waals surface area contributed by atoms with Crippen LogP contribution in [0.3, 0.4) is 0 Å². The fraction of sp³-hybridized carbons (Fsp3) is 0.263. The average molecular weight is 361 g/mol. The Morgan fingerprint density at radius 1 is 0.769 bits per heavy atom. The van der Waals surface area contributed by atoms with Crippen LogP contribution >= 0.6 is 0 Å². The zero-order chi connectivity index (χ0) is 20.0. The molecule has 0 radical (unpaired) electrons. The molecule has 140 valence electrons. The van der Waals surface area contributed by atoms with E-state index >= 15 is 0 Å². The predicted molar refractivity (Wildman–Crippen MR) is 98.5 cm³/mol. The lowest BCUT2D eigenvalue weighted by atomic mass is 10.1. The lowest BCUT2D eigenvalue weighted by Crippen LogP contribution is -2.03. The van der Waals surface area contributed by atoms with E-state index in [-0.39, 0.29) is 11.3 Å². The summed E-state index contributed by atoms with van der Waals surface area (Å²) in [6, 6.07) is 6.37. The molecule has 0 atom stereocenters. The highest BCUT2D eigenvalue weighted by Gasteiger charge is 2.11. The van der Waals surface area contributed by atoms with Gasteiger partial charge in [-0.05, 0) is 55.7 Å². The van der Waals surface area contributed by atoms with Crippen molar-refractivity contribution in [2.45, 2.75) is 20.8 Å². The topological polar surface area (TPSA) is 119 Å². The van der Waals surface area contributed by atoms with Crippen LogP contribution in [0.25, 0.3) is 0 Å². The molecular formula is C19H23NO6. The minimum Gasteiger partial charge on any atom is -0.496 e. The second-order valence-electron chi connectivity index (χ2n) is 5.66. The smallest absolute Gasteiger partial charge is 0.337 e. The van der Waals surface area contributed by atoms with Gasteiger partial charge in [0.05, 0.1) is 25.3 Å². The quantitative estimate of drug-likeness (QED) is 0.715. The molecule has 0 unspecified atom stereocenters. The number of hydrogen-bond donors (Lipinski definition) is 3. The van der Waals surface area contributed by atoms with Gasteiger partial charge < -0.3 is 25.4 Å². The molecule has 0 saturated carbocycles. The zero-order valence-electron chi connectivity index (χ0n) is 15.4. The maximum atomic E-state index is 10.7. The molecule has 0 aliphatic carbocycles. The van der Waals surface area contributed by atoms with Gasteiger partial charge in [-0.3, -0.25) is 0 Å². The molecule has 2 rings (SSSR count). The fourth-order valence-electron chi connectivity index (χ4n) is 2.40. The first-order valence-corrected chi connectivity index (χ1v) is 7.68. The Kier molecular flexibility index (Phi) is 7.01. The van der Waals surface area contributed by atoms with Crippen LogP contribution in [-0.4, -0.2) is 36.4 Å². The molecular weight excluding hydrogens is 338 g/mol. The number of nitrogens with two attached hydrogens (primary N) is 1. The van der Waals surface area contributed by atoms with E-state index < -0.39 is 11.9 Å². The number of carboxylic acids is 2. The molecule has 0 heterocycles. The number of hydrogen-bond acceptors (Lipinski definition) is 5. The van der Waals surface area contributed by atoms with E-state index in [1.807, 2.05) is 13.0 Å². The number of benzene rings is 2. The highest BCUT2D eigenvalue weighted by molar-refractivity contribution is 5.94. The second-order valence-corrected chi connectivity index (χ2v) is 5.66. The molecule has 0 aliphatic rings. The molecule has 26 heavy (non-hydrogen) atoms. The predicted octanol–water partition coefficient (Wildman–Crippen LogP) is 3.29. The molecule has 0 saturated heterocycles. The minimum atomic E-state index is -1.05. The van der Waals surface area contributed by atoms with Crippen LogP contribution in [0.1, 0.15) is 37.4 Å². The maximum absolute atomic E-state index is 10.7. The zero-order valence-corrected chi connectivity index (χ0v) is 15.4. The summed E-state index contributed by atoms with van der Waals surface area (Å²) in [6.07, 6.45) is 0. The summed E-state index contributed by atoms with van der Waals surface area (Å²) in [5.74, 6) is -0.818. The highest BCUT2D eigenvalue weighted by Crippen LogP contribution is 2.24. The average Bonchev–Trinajstić information content (AvgIpc) is 2.55. The van der Waals surface area contributed by atoms with Crippen molar-refractivity contribution in [3.8, 4) is 11.5 Å². The second kappa shape index (κ2) is 8.75. The first-order chi connectivity index (χ1) is 12.1. The number of aromatic carboxylic acids is 2. The van der Waals surface area contributed by atoms with Gasteiger partial charge in [-0.15, -0.1) is 0 Å². The van der Waals surface area contributed by atoms with Crippen molar-refractivity contribution in [1.82, 2.24) is 0 Å². The Labute approximate surface area is 152 Å². The van der Waals surface area contributed by atoms with E-state index in [2.05, 4.69) is 0 Å². The molecule has 0 amide bonds. The van der Waals surface area contributed by atoms with Crippen molar-refractivity contribution in [3.63, 3.8) is 0 Å². The summed E-state index contributed by atoms with van der Waals surface area (Å²) in [6.45, 7) is 5.47. The molecule has 0 fully saturated rings. The third-order valence-corrected chi connectivity index (χ3v) is 3.77. The largest absolute Gasteiger partial charge is 0.496 e. The first kappa shape index (κ1) is 20.8. The summed E-state index contributed by atoms with van der Waals surface area (Å²) in [5.41, 5.74) is 8.66. The Hall–Kier alpha value is -3.22. The molecule has 0 bridgehead atoms. The summed E-state index contributed by atoms with van der Waals surface area (Å²) in [7, 11) is 3.02. The van der Waals surface area contributed by atoms with Gasteiger partial charge in [-0.2, -0.15) is 0 Å². The Balaban J connectivity index is 0.000000260. The number of aryl methyl sites for hydroxylation is 3. The Morgan fingerprint density at radius 2 is 1.19 bits per heavy atom. The van der Waals surface area contributed by atoms with E-state index in [1.54, 1.807) is 26.0 Å². The normalized spacial score (nSPS) is 9.73. The lowest BCUT2D eigenvalue weighted by molar-refractivity contribution is 0.0685. The van der Waals surface area contributed by atoms with Gasteiger partial charge in [0.1, 0.15) is 11.5 Å². The minimum absolute atomic E-state index is 0.0717. The van der Waals surface area contributed by atoms with E-state index in [4.69, 9.17) is 25.4 Å². The van der Waals surface area contributed by atoms with Crippen molar-refractivity contribution in [2.75, 3.05) is 20.0 Å². The van der Waals surface area contributed by atoms with Gasteiger partial charge in [0.25, 0.3) is 0 Å². The van der Waals surface area contributed by atoms with Crippen LogP contribution < -0.4 is 15.2 Å². The molecule has 0 aromatic heterocycles. The SMILES string of the molecule is COc1cc(C(=O)O)c(C)cc1C.COc1cc(C(=O)O)c(N)cc1C. The van der Waals surface area contributed by atoms with Gasteiger partial charge in [0, 0.05) is 5.69 Å². The molecule has 0 spiro atoms. The van der Waals surface area contributed by atoms with E-state index in [9.17, 15) is 9.59 Å². The van der Waals surface area contributed by atoms with E-state index in [1.165, 1.54) is 20.3 Å². The number of anilines is 1. The Bertz CT molecular complexity index is 760. The summed E-state index contributed by atoms with van der Waals surface area (Å²) in [5, 5.41) is 17.6.